The van der Waals surface area contributed by atoms with Gasteiger partial charge in [-0.3, -0.25) is 0 Å². The smallest absolute Gasteiger partial charge is 0.0584 e. The van der Waals surface area contributed by atoms with Crippen molar-refractivity contribution in [3.8, 4) is 0 Å². The second-order valence-electron chi connectivity index (χ2n) is 4.45. The maximum absolute atomic E-state index is 9.97. The Labute approximate surface area is 110 Å². The summed E-state index contributed by atoms with van der Waals surface area (Å²) in [5.74, 6) is 0.554. The monoisotopic (exact) mass is 332 g/mol. The van der Waals surface area contributed by atoms with E-state index in [0.717, 1.165) is 32.5 Å². The molecule has 0 aliphatic carbocycles. The molecule has 0 amide bonds. The lowest BCUT2D eigenvalue weighted by Gasteiger charge is -2.14. The molecule has 3 heteroatoms. The van der Waals surface area contributed by atoms with Gasteiger partial charge in [0.1, 0.15) is 0 Å². The fourth-order valence-electron chi connectivity index (χ4n) is 2.13. The van der Waals surface area contributed by atoms with Crippen LogP contribution in [0.2, 0.25) is 0 Å². The van der Waals surface area contributed by atoms with Gasteiger partial charge < -0.3 is 9.84 Å². The Hall–Kier alpha value is -0.130. The molecule has 2 unspecified atom stereocenters. The van der Waals surface area contributed by atoms with E-state index in [1.807, 2.05) is 0 Å². The Balaban J connectivity index is 1.81. The van der Waals surface area contributed by atoms with E-state index in [2.05, 4.69) is 46.9 Å². The van der Waals surface area contributed by atoms with Crippen molar-refractivity contribution in [3.63, 3.8) is 0 Å². The van der Waals surface area contributed by atoms with Crippen LogP contribution in [0.3, 0.4) is 0 Å². The normalized spacial score (nSPS) is 22.2. The highest BCUT2D eigenvalue weighted by molar-refractivity contribution is 14.1. The molecule has 2 nitrogen and oxygen atoms in total. The number of hydrogen-bond acceptors (Lipinski definition) is 2. The first-order chi connectivity index (χ1) is 7.74. The van der Waals surface area contributed by atoms with E-state index in [1.165, 1.54) is 9.13 Å². The zero-order valence-corrected chi connectivity index (χ0v) is 11.4. The van der Waals surface area contributed by atoms with Crippen LogP contribution in [0.15, 0.2) is 24.3 Å². The molecule has 1 saturated heterocycles. The van der Waals surface area contributed by atoms with Gasteiger partial charge in [-0.05, 0) is 65.5 Å². The molecule has 1 aliphatic rings. The van der Waals surface area contributed by atoms with E-state index in [4.69, 9.17) is 4.74 Å². The Morgan fingerprint density at radius 2 is 2.12 bits per heavy atom. The van der Waals surface area contributed by atoms with Crippen LogP contribution < -0.4 is 0 Å². The van der Waals surface area contributed by atoms with Gasteiger partial charge in [0.25, 0.3) is 0 Å². The van der Waals surface area contributed by atoms with Crippen LogP contribution in [-0.4, -0.2) is 24.4 Å². The van der Waals surface area contributed by atoms with Gasteiger partial charge in [-0.15, -0.1) is 0 Å². The lowest BCUT2D eigenvalue weighted by atomic mass is 9.97. The first-order valence-electron chi connectivity index (χ1n) is 5.74. The van der Waals surface area contributed by atoms with E-state index >= 15 is 0 Å². The minimum atomic E-state index is -0.230. The van der Waals surface area contributed by atoms with Gasteiger partial charge in [-0.1, -0.05) is 12.1 Å². The summed E-state index contributed by atoms with van der Waals surface area (Å²) in [6.45, 7) is 1.69. The number of halogens is 1. The molecular formula is C13H17IO2. The number of rotatable bonds is 4. The molecule has 16 heavy (non-hydrogen) atoms. The number of ether oxygens (including phenoxy) is 1. The number of hydrogen-bond donors (Lipinski definition) is 1. The average molecular weight is 332 g/mol. The molecule has 2 rings (SSSR count). The van der Waals surface area contributed by atoms with Crippen molar-refractivity contribution in [2.45, 2.75) is 25.4 Å². The topological polar surface area (TPSA) is 29.5 Å². The lowest BCUT2D eigenvalue weighted by Crippen LogP contribution is -2.16. The fourth-order valence-corrected chi connectivity index (χ4v) is 2.49. The molecule has 1 aromatic rings. The molecule has 1 N–H and O–H groups in total. The summed E-state index contributed by atoms with van der Waals surface area (Å²) in [6.07, 6.45) is 2.50. The summed E-state index contributed by atoms with van der Waals surface area (Å²) in [7, 11) is 0. The highest BCUT2D eigenvalue weighted by atomic mass is 127. The van der Waals surface area contributed by atoms with Crippen molar-refractivity contribution < 1.29 is 9.84 Å². The van der Waals surface area contributed by atoms with Gasteiger partial charge in [0, 0.05) is 16.8 Å². The molecule has 88 valence electrons. The Morgan fingerprint density at radius 1 is 1.38 bits per heavy atom. The first kappa shape index (κ1) is 12.3. The second kappa shape index (κ2) is 5.98. The van der Waals surface area contributed by atoms with Crippen molar-refractivity contribution in [2.24, 2.45) is 5.92 Å². The van der Waals surface area contributed by atoms with Crippen molar-refractivity contribution in [2.75, 3.05) is 13.2 Å². The second-order valence-corrected chi connectivity index (χ2v) is 5.70. The molecule has 0 radical (unpaired) electrons. The maximum Gasteiger partial charge on any atom is 0.0584 e. The van der Waals surface area contributed by atoms with Gasteiger partial charge in [-0.25, -0.2) is 0 Å². The highest BCUT2D eigenvalue weighted by Crippen LogP contribution is 2.20. The molecule has 0 spiro atoms. The molecule has 0 aromatic heterocycles. The van der Waals surface area contributed by atoms with Crippen LogP contribution in [0.1, 0.15) is 18.4 Å². The van der Waals surface area contributed by atoms with E-state index in [-0.39, 0.29) is 6.10 Å². The van der Waals surface area contributed by atoms with Gasteiger partial charge in [0.2, 0.25) is 0 Å². The van der Waals surface area contributed by atoms with Crippen LogP contribution in [0.5, 0.6) is 0 Å². The number of aliphatic hydroxyl groups excluding tert-OH is 1. The molecule has 0 saturated carbocycles. The van der Waals surface area contributed by atoms with Crippen LogP contribution in [0.25, 0.3) is 0 Å². The summed E-state index contributed by atoms with van der Waals surface area (Å²) in [5, 5.41) is 9.97. The van der Waals surface area contributed by atoms with Gasteiger partial charge >= 0.3 is 0 Å². The molecule has 1 heterocycles. The standard InChI is InChI=1S/C13H17IO2/c14-12-3-1-10(2-4-12)7-13(15)8-11-5-6-16-9-11/h1-4,11,13,15H,5-9H2. The Kier molecular flexibility index (Phi) is 4.61. The van der Waals surface area contributed by atoms with Gasteiger partial charge in [0.05, 0.1) is 6.10 Å². The number of benzene rings is 1. The van der Waals surface area contributed by atoms with E-state index in [0.29, 0.717) is 5.92 Å². The lowest BCUT2D eigenvalue weighted by molar-refractivity contribution is 0.129. The van der Waals surface area contributed by atoms with E-state index in [1.54, 1.807) is 0 Å². The average Bonchev–Trinajstić information content (AvgIpc) is 2.74. The zero-order valence-electron chi connectivity index (χ0n) is 9.23. The van der Waals surface area contributed by atoms with E-state index < -0.39 is 0 Å². The van der Waals surface area contributed by atoms with Crippen molar-refractivity contribution >= 4 is 22.6 Å². The highest BCUT2D eigenvalue weighted by Gasteiger charge is 2.19. The fraction of sp³-hybridized carbons (Fsp3) is 0.538. The molecule has 0 bridgehead atoms. The van der Waals surface area contributed by atoms with Crippen molar-refractivity contribution in [1.82, 2.24) is 0 Å². The van der Waals surface area contributed by atoms with Crippen molar-refractivity contribution in [1.29, 1.82) is 0 Å². The van der Waals surface area contributed by atoms with Gasteiger partial charge in [0.15, 0.2) is 0 Å². The summed E-state index contributed by atoms with van der Waals surface area (Å²) in [4.78, 5) is 0. The zero-order chi connectivity index (χ0) is 11.4. The summed E-state index contributed by atoms with van der Waals surface area (Å²) < 4.78 is 6.55. The van der Waals surface area contributed by atoms with E-state index in [9.17, 15) is 5.11 Å². The van der Waals surface area contributed by atoms with Crippen LogP contribution in [0.4, 0.5) is 0 Å². The minimum absolute atomic E-state index is 0.230. The molecular weight excluding hydrogens is 315 g/mol. The predicted molar refractivity (Wildman–Crippen MR) is 72.4 cm³/mol. The summed E-state index contributed by atoms with van der Waals surface area (Å²) in [5.41, 5.74) is 1.21. The first-order valence-corrected chi connectivity index (χ1v) is 6.82. The van der Waals surface area contributed by atoms with Gasteiger partial charge in [-0.2, -0.15) is 0 Å². The third-order valence-electron chi connectivity index (χ3n) is 3.01. The maximum atomic E-state index is 9.97. The summed E-state index contributed by atoms with van der Waals surface area (Å²) in [6, 6.07) is 8.36. The van der Waals surface area contributed by atoms with Crippen LogP contribution in [0, 0.1) is 9.49 Å². The third-order valence-corrected chi connectivity index (χ3v) is 3.73. The SMILES string of the molecule is OC(Cc1ccc(I)cc1)CC1CCOC1. The Bertz CT molecular complexity index is 317. The number of aliphatic hydroxyl groups is 1. The molecule has 1 fully saturated rings. The predicted octanol–water partition coefficient (Wildman–Crippen LogP) is 2.62. The van der Waals surface area contributed by atoms with Crippen molar-refractivity contribution in [3.05, 3.63) is 33.4 Å². The molecule has 1 aromatic carbocycles. The minimum Gasteiger partial charge on any atom is -0.393 e. The largest absolute Gasteiger partial charge is 0.393 e. The van der Waals surface area contributed by atoms with Crippen LogP contribution in [-0.2, 0) is 11.2 Å². The van der Waals surface area contributed by atoms with Crippen LogP contribution >= 0.6 is 22.6 Å². The third kappa shape index (κ3) is 3.71. The molecule has 2 atom stereocenters. The molecule has 1 aliphatic heterocycles. The summed E-state index contributed by atoms with van der Waals surface area (Å²) >= 11 is 2.29. The quantitative estimate of drug-likeness (QED) is 0.859. The Morgan fingerprint density at radius 3 is 2.75 bits per heavy atom.